The molecule has 0 saturated carbocycles. The molecule has 0 amide bonds. The molecule has 7 heteroatoms. The minimum atomic E-state index is -3.80. The Morgan fingerprint density at radius 1 is 0.968 bits per heavy atom. The zero-order valence-electron chi connectivity index (χ0n) is 17.1. The van der Waals surface area contributed by atoms with Gasteiger partial charge in [0.15, 0.2) is 0 Å². The molecule has 0 N–H and O–H groups in total. The van der Waals surface area contributed by atoms with Gasteiger partial charge in [0, 0.05) is 6.20 Å². The lowest BCUT2D eigenvalue weighted by Gasteiger charge is -2.21. The highest BCUT2D eigenvalue weighted by atomic mass is 32.2. The molecule has 160 valence electrons. The first-order valence-electron chi connectivity index (χ1n) is 9.65. The molecule has 3 rings (SSSR count). The first kappa shape index (κ1) is 22.2. The van der Waals surface area contributed by atoms with E-state index in [-0.39, 0.29) is 23.9 Å². The summed E-state index contributed by atoms with van der Waals surface area (Å²) in [5.41, 5.74) is 2.51. The maximum Gasteiger partial charge on any atom is 0.264 e. The van der Waals surface area contributed by atoms with Crippen LogP contribution in [0.15, 0.2) is 101 Å². The molecule has 0 atom stereocenters. The average molecular weight is 439 g/mol. The Balaban J connectivity index is 1.73. The summed E-state index contributed by atoms with van der Waals surface area (Å²) in [7, 11) is -3.80. The summed E-state index contributed by atoms with van der Waals surface area (Å²) in [5, 5.41) is 3.88. The summed E-state index contributed by atoms with van der Waals surface area (Å²) in [6, 6.07) is 21.8. The highest BCUT2D eigenvalue weighted by molar-refractivity contribution is 7.89. The molecule has 0 radical (unpaired) electrons. The molecule has 0 aliphatic rings. The molecule has 0 saturated heterocycles. The Hall–Kier alpha value is -3.45. The van der Waals surface area contributed by atoms with Crippen LogP contribution < -0.4 is 0 Å². The fraction of sp³-hybridized carbons (Fsp3) is 0.125. The van der Waals surface area contributed by atoms with Crippen LogP contribution in [0.3, 0.4) is 0 Å². The van der Waals surface area contributed by atoms with E-state index in [1.165, 1.54) is 22.6 Å². The van der Waals surface area contributed by atoms with Crippen LogP contribution in [0.2, 0.25) is 0 Å². The van der Waals surface area contributed by atoms with E-state index in [4.69, 9.17) is 4.84 Å². The third-order valence-corrected chi connectivity index (χ3v) is 6.13. The van der Waals surface area contributed by atoms with Crippen molar-refractivity contribution < 1.29 is 17.6 Å². The van der Waals surface area contributed by atoms with E-state index in [2.05, 4.69) is 5.16 Å². The van der Waals surface area contributed by atoms with Gasteiger partial charge in [0.25, 0.3) is 10.0 Å². The lowest BCUT2D eigenvalue weighted by Crippen LogP contribution is -2.25. The Kier molecular flexibility index (Phi) is 7.56. The lowest BCUT2D eigenvalue weighted by molar-refractivity contribution is 0.176. The van der Waals surface area contributed by atoms with Gasteiger partial charge in [-0.3, -0.25) is 4.31 Å². The summed E-state index contributed by atoms with van der Waals surface area (Å²) in [6.45, 7) is 2.03. The van der Waals surface area contributed by atoms with E-state index in [1.54, 1.807) is 48.7 Å². The number of oxime groups is 1. The smallest absolute Gasteiger partial charge is 0.264 e. The highest BCUT2D eigenvalue weighted by Gasteiger charge is 2.21. The second kappa shape index (κ2) is 10.5. The molecule has 3 aromatic rings. The van der Waals surface area contributed by atoms with Gasteiger partial charge in [0.2, 0.25) is 0 Å². The molecule has 0 aromatic heterocycles. The molecule has 31 heavy (non-hydrogen) atoms. The number of aryl methyl sites for hydroxylation is 1. The average Bonchev–Trinajstić information content (AvgIpc) is 2.77. The standard InChI is InChI=1S/C24H23FN2O3S/c1-20-8-14-24(15-9-20)31(28,29)27(19-22-10-12-23(25)13-11-22)16-5-17-30-26-18-21-6-3-2-4-7-21/h2-16,18H,17,19H2,1H3/b16-5+,26-18+. The van der Waals surface area contributed by atoms with Crippen LogP contribution in [0.1, 0.15) is 16.7 Å². The quantitative estimate of drug-likeness (QED) is 0.272. The summed E-state index contributed by atoms with van der Waals surface area (Å²) in [6.07, 6.45) is 4.58. The Labute approximate surface area is 182 Å². The van der Waals surface area contributed by atoms with Gasteiger partial charge < -0.3 is 4.84 Å². The van der Waals surface area contributed by atoms with Gasteiger partial charge in [0.05, 0.1) is 17.7 Å². The summed E-state index contributed by atoms with van der Waals surface area (Å²) in [4.78, 5) is 5.37. The minimum absolute atomic E-state index is 0.0558. The predicted octanol–water partition coefficient (Wildman–Crippen LogP) is 4.89. The maximum absolute atomic E-state index is 13.2. The molecule has 0 heterocycles. The number of hydrogen-bond donors (Lipinski definition) is 0. The predicted molar refractivity (Wildman–Crippen MR) is 119 cm³/mol. The molecule has 0 fully saturated rings. The molecular weight excluding hydrogens is 415 g/mol. The maximum atomic E-state index is 13.2. The number of halogens is 1. The van der Waals surface area contributed by atoms with Crippen LogP contribution in [-0.4, -0.2) is 25.5 Å². The zero-order valence-corrected chi connectivity index (χ0v) is 17.9. The number of nitrogens with zero attached hydrogens (tertiary/aromatic N) is 2. The molecule has 0 aliphatic heterocycles. The second-order valence-electron chi connectivity index (χ2n) is 6.82. The van der Waals surface area contributed by atoms with Crippen molar-refractivity contribution in [3.05, 3.63) is 114 Å². The van der Waals surface area contributed by atoms with E-state index in [1.807, 2.05) is 37.3 Å². The molecule has 3 aromatic carbocycles. The van der Waals surface area contributed by atoms with Crippen LogP contribution in [-0.2, 0) is 21.4 Å². The van der Waals surface area contributed by atoms with Crippen molar-refractivity contribution in [1.29, 1.82) is 0 Å². The van der Waals surface area contributed by atoms with Crippen molar-refractivity contribution in [2.45, 2.75) is 18.4 Å². The number of hydrogen-bond acceptors (Lipinski definition) is 4. The monoisotopic (exact) mass is 438 g/mol. The fourth-order valence-electron chi connectivity index (χ4n) is 2.72. The van der Waals surface area contributed by atoms with E-state index in [9.17, 15) is 12.8 Å². The van der Waals surface area contributed by atoms with Gasteiger partial charge in [-0.1, -0.05) is 65.3 Å². The van der Waals surface area contributed by atoms with E-state index in [0.717, 1.165) is 11.1 Å². The minimum Gasteiger partial charge on any atom is -0.391 e. The molecular formula is C24H23FN2O3S. The van der Waals surface area contributed by atoms with Crippen LogP contribution in [0, 0.1) is 12.7 Å². The van der Waals surface area contributed by atoms with Gasteiger partial charge in [-0.05, 0) is 48.4 Å². The van der Waals surface area contributed by atoms with Crippen LogP contribution in [0.25, 0.3) is 0 Å². The SMILES string of the molecule is Cc1ccc(S(=O)(=O)N(/C=C/CO/N=C/c2ccccc2)Cc2ccc(F)cc2)cc1. The topological polar surface area (TPSA) is 59.0 Å². The number of rotatable bonds is 9. The first-order chi connectivity index (χ1) is 14.9. The van der Waals surface area contributed by atoms with E-state index < -0.39 is 10.0 Å². The van der Waals surface area contributed by atoms with Gasteiger partial charge >= 0.3 is 0 Å². The van der Waals surface area contributed by atoms with Crippen molar-refractivity contribution in [2.75, 3.05) is 6.61 Å². The fourth-order valence-corrected chi connectivity index (χ4v) is 4.03. The van der Waals surface area contributed by atoms with Crippen molar-refractivity contribution in [2.24, 2.45) is 5.16 Å². The van der Waals surface area contributed by atoms with Gasteiger partial charge in [-0.15, -0.1) is 0 Å². The summed E-state index contributed by atoms with van der Waals surface area (Å²) in [5.74, 6) is -0.378. The molecule has 0 aliphatic carbocycles. The summed E-state index contributed by atoms with van der Waals surface area (Å²) < 4.78 is 40.7. The van der Waals surface area contributed by atoms with Crippen LogP contribution in [0.4, 0.5) is 4.39 Å². The second-order valence-corrected chi connectivity index (χ2v) is 8.71. The number of sulfonamides is 1. The largest absolute Gasteiger partial charge is 0.391 e. The van der Waals surface area contributed by atoms with E-state index >= 15 is 0 Å². The molecule has 0 bridgehead atoms. The van der Waals surface area contributed by atoms with Crippen molar-refractivity contribution in [1.82, 2.24) is 4.31 Å². The normalized spacial score (nSPS) is 11.8. The van der Waals surface area contributed by atoms with Gasteiger partial charge in [-0.25, -0.2) is 12.8 Å². The summed E-state index contributed by atoms with van der Waals surface area (Å²) >= 11 is 0. The van der Waals surface area contributed by atoms with Crippen molar-refractivity contribution in [3.8, 4) is 0 Å². The van der Waals surface area contributed by atoms with Crippen molar-refractivity contribution >= 4 is 16.2 Å². The first-order valence-corrected chi connectivity index (χ1v) is 11.1. The molecule has 5 nitrogen and oxygen atoms in total. The Morgan fingerprint density at radius 2 is 1.65 bits per heavy atom. The van der Waals surface area contributed by atoms with E-state index in [0.29, 0.717) is 5.56 Å². The van der Waals surface area contributed by atoms with Crippen molar-refractivity contribution in [3.63, 3.8) is 0 Å². The Bertz CT molecular complexity index is 1130. The van der Waals surface area contributed by atoms with Crippen LogP contribution in [0.5, 0.6) is 0 Å². The number of benzene rings is 3. The van der Waals surface area contributed by atoms with Gasteiger partial charge in [0.1, 0.15) is 12.4 Å². The third-order valence-electron chi connectivity index (χ3n) is 4.40. The Morgan fingerprint density at radius 3 is 2.32 bits per heavy atom. The molecule has 0 unspecified atom stereocenters. The van der Waals surface area contributed by atoms with Gasteiger partial charge in [-0.2, -0.15) is 0 Å². The lowest BCUT2D eigenvalue weighted by atomic mass is 10.2. The highest BCUT2D eigenvalue weighted by Crippen LogP contribution is 2.20. The third kappa shape index (κ3) is 6.52. The molecule has 0 spiro atoms. The zero-order chi connectivity index (χ0) is 22.1. The van der Waals surface area contributed by atoms with Crippen LogP contribution >= 0.6 is 0 Å².